The standard InChI is InChI=1S/C13H12N4O2S/c1-2-20-12-10(13(18)19)11(15)17(16-12)9-5-3-4-8(6-9)7-14/h3-6H,2,15H2,1H3,(H,18,19). The van der Waals surface area contributed by atoms with Gasteiger partial charge in [-0.15, -0.1) is 11.8 Å². The highest BCUT2D eigenvalue weighted by atomic mass is 32.2. The zero-order valence-corrected chi connectivity index (χ0v) is 11.5. The maximum atomic E-state index is 11.3. The highest BCUT2D eigenvalue weighted by molar-refractivity contribution is 7.99. The lowest BCUT2D eigenvalue weighted by atomic mass is 10.2. The van der Waals surface area contributed by atoms with E-state index < -0.39 is 5.97 Å². The summed E-state index contributed by atoms with van der Waals surface area (Å²) in [6, 6.07) is 8.70. The van der Waals surface area contributed by atoms with Crippen LogP contribution in [-0.2, 0) is 0 Å². The second-order valence-electron chi connectivity index (χ2n) is 3.88. The molecule has 0 aliphatic heterocycles. The molecule has 20 heavy (non-hydrogen) atoms. The minimum Gasteiger partial charge on any atom is -0.477 e. The molecule has 102 valence electrons. The Morgan fingerprint density at radius 1 is 1.60 bits per heavy atom. The van der Waals surface area contributed by atoms with Gasteiger partial charge in [0, 0.05) is 0 Å². The molecule has 3 N–H and O–H groups in total. The van der Waals surface area contributed by atoms with Gasteiger partial charge in [0.05, 0.1) is 17.3 Å². The highest BCUT2D eigenvalue weighted by Crippen LogP contribution is 2.28. The molecular formula is C13H12N4O2S. The van der Waals surface area contributed by atoms with E-state index in [1.807, 2.05) is 13.0 Å². The molecule has 2 aromatic rings. The van der Waals surface area contributed by atoms with Crippen molar-refractivity contribution in [3.05, 3.63) is 35.4 Å². The van der Waals surface area contributed by atoms with Crippen LogP contribution in [0.15, 0.2) is 29.3 Å². The van der Waals surface area contributed by atoms with E-state index in [0.29, 0.717) is 22.0 Å². The second-order valence-corrected chi connectivity index (χ2v) is 5.13. The van der Waals surface area contributed by atoms with Crippen LogP contribution in [0.3, 0.4) is 0 Å². The summed E-state index contributed by atoms with van der Waals surface area (Å²) in [5, 5.41) is 22.7. The number of carboxylic acids is 1. The third kappa shape index (κ3) is 2.46. The molecule has 1 heterocycles. The Balaban J connectivity index is 2.60. The van der Waals surface area contributed by atoms with Gasteiger partial charge in [0.2, 0.25) is 0 Å². The van der Waals surface area contributed by atoms with Crippen molar-refractivity contribution < 1.29 is 9.90 Å². The Bertz CT molecular complexity index is 703. The Morgan fingerprint density at radius 2 is 2.35 bits per heavy atom. The van der Waals surface area contributed by atoms with Gasteiger partial charge < -0.3 is 10.8 Å². The normalized spacial score (nSPS) is 10.2. The molecule has 2 rings (SSSR count). The molecule has 0 saturated heterocycles. The van der Waals surface area contributed by atoms with E-state index in [0.717, 1.165) is 0 Å². The van der Waals surface area contributed by atoms with Crippen LogP contribution < -0.4 is 5.73 Å². The summed E-state index contributed by atoms with van der Waals surface area (Å²) in [5.41, 5.74) is 6.90. The lowest BCUT2D eigenvalue weighted by molar-refractivity contribution is 0.0694. The van der Waals surface area contributed by atoms with Crippen LogP contribution in [0.25, 0.3) is 5.69 Å². The number of hydrogen-bond acceptors (Lipinski definition) is 5. The minimum atomic E-state index is -1.11. The summed E-state index contributed by atoms with van der Waals surface area (Å²) >= 11 is 1.31. The number of aromatic carboxylic acids is 1. The lowest BCUT2D eigenvalue weighted by Gasteiger charge is -2.04. The molecule has 0 unspecified atom stereocenters. The van der Waals surface area contributed by atoms with Gasteiger partial charge in [-0.2, -0.15) is 10.4 Å². The lowest BCUT2D eigenvalue weighted by Crippen LogP contribution is -2.05. The number of aromatic nitrogens is 2. The summed E-state index contributed by atoms with van der Waals surface area (Å²) in [4.78, 5) is 11.3. The van der Waals surface area contributed by atoms with Crippen LogP contribution in [0, 0.1) is 11.3 Å². The van der Waals surface area contributed by atoms with E-state index in [-0.39, 0.29) is 11.4 Å². The second kappa shape index (κ2) is 5.67. The summed E-state index contributed by atoms with van der Waals surface area (Å²) in [7, 11) is 0. The van der Waals surface area contributed by atoms with Crippen molar-refractivity contribution in [3.8, 4) is 11.8 Å². The third-order valence-corrected chi connectivity index (χ3v) is 3.45. The number of anilines is 1. The molecule has 0 atom stereocenters. The van der Waals surface area contributed by atoms with Crippen molar-refractivity contribution in [2.45, 2.75) is 11.9 Å². The predicted octanol–water partition coefficient (Wildman–Crippen LogP) is 2.14. The quantitative estimate of drug-likeness (QED) is 0.835. The first-order chi connectivity index (χ1) is 9.58. The Hall–Kier alpha value is -2.46. The summed E-state index contributed by atoms with van der Waals surface area (Å²) in [6.45, 7) is 1.90. The van der Waals surface area contributed by atoms with Gasteiger partial charge in [-0.05, 0) is 24.0 Å². The Morgan fingerprint density at radius 3 is 2.95 bits per heavy atom. The van der Waals surface area contributed by atoms with Gasteiger partial charge in [0.15, 0.2) is 0 Å². The summed E-state index contributed by atoms with van der Waals surface area (Å²) in [6.07, 6.45) is 0. The van der Waals surface area contributed by atoms with Gasteiger partial charge in [-0.1, -0.05) is 13.0 Å². The summed E-state index contributed by atoms with van der Waals surface area (Å²) < 4.78 is 1.35. The molecule has 0 amide bonds. The molecule has 0 spiro atoms. The van der Waals surface area contributed by atoms with Crippen LogP contribution >= 0.6 is 11.8 Å². The zero-order chi connectivity index (χ0) is 14.7. The van der Waals surface area contributed by atoms with Crippen molar-refractivity contribution in [3.63, 3.8) is 0 Å². The number of carboxylic acid groups (broad SMARTS) is 1. The van der Waals surface area contributed by atoms with E-state index >= 15 is 0 Å². The summed E-state index contributed by atoms with van der Waals surface area (Å²) in [5.74, 6) is -0.362. The Labute approximate surface area is 119 Å². The van der Waals surface area contributed by atoms with Crippen LogP contribution in [0.5, 0.6) is 0 Å². The molecule has 1 aromatic carbocycles. The number of rotatable bonds is 4. The SMILES string of the molecule is CCSc1nn(-c2cccc(C#N)c2)c(N)c1C(=O)O. The van der Waals surface area contributed by atoms with Crippen LogP contribution in [0.1, 0.15) is 22.8 Å². The number of carbonyl (C=O) groups is 1. The van der Waals surface area contributed by atoms with Crippen LogP contribution in [-0.4, -0.2) is 26.6 Å². The maximum absolute atomic E-state index is 11.3. The molecule has 7 heteroatoms. The topological polar surface area (TPSA) is 105 Å². The van der Waals surface area contributed by atoms with Crippen molar-refractivity contribution in [2.75, 3.05) is 11.5 Å². The number of nitriles is 1. The first-order valence-corrected chi connectivity index (χ1v) is 6.82. The minimum absolute atomic E-state index is 0.000731. The van der Waals surface area contributed by atoms with E-state index in [4.69, 9.17) is 11.0 Å². The van der Waals surface area contributed by atoms with Crippen molar-refractivity contribution in [1.82, 2.24) is 9.78 Å². The van der Waals surface area contributed by atoms with Crippen LogP contribution in [0.4, 0.5) is 5.82 Å². The number of hydrogen-bond donors (Lipinski definition) is 2. The molecule has 1 aromatic heterocycles. The van der Waals surface area contributed by atoms with Gasteiger partial charge in [0.1, 0.15) is 16.4 Å². The molecule has 0 saturated carbocycles. The van der Waals surface area contributed by atoms with Gasteiger partial charge >= 0.3 is 5.97 Å². The zero-order valence-electron chi connectivity index (χ0n) is 10.7. The van der Waals surface area contributed by atoms with Gasteiger partial charge in [0.25, 0.3) is 0 Å². The average molecular weight is 288 g/mol. The largest absolute Gasteiger partial charge is 0.477 e. The fourth-order valence-corrected chi connectivity index (χ4v) is 2.50. The van der Waals surface area contributed by atoms with Crippen molar-refractivity contribution in [2.24, 2.45) is 0 Å². The molecule has 0 radical (unpaired) electrons. The fourth-order valence-electron chi connectivity index (χ4n) is 1.75. The fraction of sp³-hybridized carbons (Fsp3) is 0.154. The number of benzene rings is 1. The van der Waals surface area contributed by atoms with E-state index in [2.05, 4.69) is 5.10 Å². The van der Waals surface area contributed by atoms with Crippen molar-refractivity contribution in [1.29, 1.82) is 5.26 Å². The highest BCUT2D eigenvalue weighted by Gasteiger charge is 2.22. The Kier molecular flexibility index (Phi) is 3.96. The smallest absolute Gasteiger partial charge is 0.342 e. The van der Waals surface area contributed by atoms with Crippen molar-refractivity contribution >= 4 is 23.5 Å². The average Bonchev–Trinajstić information content (AvgIpc) is 2.76. The van der Waals surface area contributed by atoms with E-state index in [1.54, 1.807) is 24.3 Å². The number of nitrogens with two attached hydrogens (primary N) is 1. The molecule has 0 aliphatic rings. The van der Waals surface area contributed by atoms with E-state index in [1.165, 1.54) is 16.4 Å². The number of nitrogens with zero attached hydrogens (tertiary/aromatic N) is 3. The molecule has 0 bridgehead atoms. The third-order valence-electron chi connectivity index (χ3n) is 2.60. The molecule has 6 nitrogen and oxygen atoms in total. The van der Waals surface area contributed by atoms with E-state index in [9.17, 15) is 9.90 Å². The number of nitrogen functional groups attached to an aromatic ring is 1. The number of thioether (sulfide) groups is 1. The molecule has 0 aliphatic carbocycles. The first kappa shape index (κ1) is 14.0. The van der Waals surface area contributed by atoms with Gasteiger partial charge in [-0.25, -0.2) is 9.48 Å². The molecular weight excluding hydrogens is 276 g/mol. The predicted molar refractivity (Wildman–Crippen MR) is 76.0 cm³/mol. The maximum Gasteiger partial charge on any atom is 0.342 e. The van der Waals surface area contributed by atoms with Gasteiger partial charge in [-0.3, -0.25) is 0 Å². The molecule has 0 fully saturated rings. The monoisotopic (exact) mass is 288 g/mol. The van der Waals surface area contributed by atoms with Crippen LogP contribution in [0.2, 0.25) is 0 Å². The first-order valence-electron chi connectivity index (χ1n) is 5.83.